The Morgan fingerprint density at radius 1 is 1.29 bits per heavy atom. The van der Waals surface area contributed by atoms with E-state index in [0.29, 0.717) is 23.1 Å². The van der Waals surface area contributed by atoms with Gasteiger partial charge in [0.2, 0.25) is 0 Å². The first kappa shape index (κ1) is 15.6. The van der Waals surface area contributed by atoms with Gasteiger partial charge in [0, 0.05) is 26.6 Å². The summed E-state index contributed by atoms with van der Waals surface area (Å²) >= 11 is 6.33. The summed E-state index contributed by atoms with van der Waals surface area (Å²) < 4.78 is 12.4. The number of methoxy groups -OCH3 is 2. The summed E-state index contributed by atoms with van der Waals surface area (Å²) in [6.07, 6.45) is 2.50. The van der Waals surface area contributed by atoms with Crippen molar-refractivity contribution in [3.63, 3.8) is 0 Å². The third kappa shape index (κ3) is 3.65. The van der Waals surface area contributed by atoms with Gasteiger partial charge in [-0.1, -0.05) is 17.7 Å². The molecule has 0 bridgehead atoms. The first-order valence-corrected chi connectivity index (χ1v) is 6.98. The number of aromatic nitrogens is 3. The lowest BCUT2D eigenvalue weighted by Gasteiger charge is -2.13. The minimum Gasteiger partial charge on any atom is -0.493 e. The van der Waals surface area contributed by atoms with Crippen LogP contribution in [0.1, 0.15) is 11.4 Å². The maximum Gasteiger partial charge on any atom is 0.179 e. The van der Waals surface area contributed by atoms with E-state index in [1.807, 2.05) is 23.7 Å². The maximum atomic E-state index is 6.33. The Morgan fingerprint density at radius 2 is 2.10 bits per heavy atom. The summed E-state index contributed by atoms with van der Waals surface area (Å²) in [5, 5.41) is 11.8. The molecule has 6 nitrogen and oxygen atoms in total. The number of nitrogens with one attached hydrogen (secondary N) is 1. The smallest absolute Gasteiger partial charge is 0.179 e. The van der Waals surface area contributed by atoms with Gasteiger partial charge in [0.15, 0.2) is 11.5 Å². The molecule has 0 unspecified atom stereocenters. The number of aryl methyl sites for hydroxylation is 1. The highest BCUT2D eigenvalue weighted by molar-refractivity contribution is 6.33. The molecule has 1 heterocycles. The molecule has 0 saturated carbocycles. The maximum absolute atomic E-state index is 6.33. The average molecular weight is 311 g/mol. The van der Waals surface area contributed by atoms with Gasteiger partial charge in [-0.05, 0) is 11.6 Å². The van der Waals surface area contributed by atoms with Gasteiger partial charge >= 0.3 is 0 Å². The standard InChI is InChI=1S/C14H19ClN4O2/c1-19-9-17-18-12(19)6-7-16-8-10-4-5-11(20-2)14(21-3)13(10)15/h4-5,9,16H,6-8H2,1-3H3. The first-order chi connectivity index (χ1) is 10.2. The van der Waals surface area contributed by atoms with Crippen LogP contribution in [0.2, 0.25) is 5.02 Å². The van der Waals surface area contributed by atoms with Gasteiger partial charge in [0.05, 0.1) is 19.2 Å². The van der Waals surface area contributed by atoms with Crippen molar-refractivity contribution in [3.8, 4) is 11.5 Å². The second-order valence-electron chi connectivity index (χ2n) is 4.56. The van der Waals surface area contributed by atoms with E-state index in [1.165, 1.54) is 0 Å². The molecular weight excluding hydrogens is 292 g/mol. The lowest BCUT2D eigenvalue weighted by Crippen LogP contribution is -2.18. The summed E-state index contributed by atoms with van der Waals surface area (Å²) in [4.78, 5) is 0. The molecule has 1 N–H and O–H groups in total. The molecule has 0 amide bonds. The molecular formula is C14H19ClN4O2. The van der Waals surface area contributed by atoms with Crippen LogP contribution in [0.15, 0.2) is 18.5 Å². The third-order valence-electron chi connectivity index (χ3n) is 3.21. The molecule has 21 heavy (non-hydrogen) atoms. The van der Waals surface area contributed by atoms with Gasteiger partial charge in [-0.25, -0.2) is 0 Å². The van der Waals surface area contributed by atoms with Crippen molar-refractivity contribution in [3.05, 3.63) is 34.9 Å². The number of hydrogen-bond donors (Lipinski definition) is 1. The predicted molar refractivity (Wildman–Crippen MR) is 81.0 cm³/mol. The van der Waals surface area contributed by atoms with Crippen molar-refractivity contribution in [2.45, 2.75) is 13.0 Å². The predicted octanol–water partition coefficient (Wildman–Crippen LogP) is 1.82. The van der Waals surface area contributed by atoms with Gasteiger partial charge in [0.1, 0.15) is 12.2 Å². The van der Waals surface area contributed by atoms with E-state index in [-0.39, 0.29) is 0 Å². The van der Waals surface area contributed by atoms with Crippen LogP contribution in [0.4, 0.5) is 0 Å². The largest absolute Gasteiger partial charge is 0.493 e. The first-order valence-electron chi connectivity index (χ1n) is 6.60. The Hall–Kier alpha value is -1.79. The van der Waals surface area contributed by atoms with E-state index in [9.17, 15) is 0 Å². The summed E-state index contributed by atoms with van der Waals surface area (Å²) in [6.45, 7) is 1.44. The van der Waals surface area contributed by atoms with Crippen molar-refractivity contribution in [2.75, 3.05) is 20.8 Å². The fourth-order valence-corrected chi connectivity index (χ4v) is 2.32. The van der Waals surface area contributed by atoms with Crippen molar-refractivity contribution in [1.82, 2.24) is 20.1 Å². The van der Waals surface area contributed by atoms with E-state index >= 15 is 0 Å². The van der Waals surface area contributed by atoms with Crippen LogP contribution in [0.5, 0.6) is 11.5 Å². The minimum atomic E-state index is 0.562. The SMILES string of the molecule is COc1ccc(CNCCc2nncn2C)c(Cl)c1OC. The van der Waals surface area contributed by atoms with E-state index in [4.69, 9.17) is 21.1 Å². The highest BCUT2D eigenvalue weighted by Gasteiger charge is 2.12. The molecule has 0 aliphatic rings. The Balaban J connectivity index is 1.93. The van der Waals surface area contributed by atoms with Crippen LogP contribution >= 0.6 is 11.6 Å². The minimum absolute atomic E-state index is 0.562. The molecule has 7 heteroatoms. The summed E-state index contributed by atoms with van der Waals surface area (Å²) in [7, 11) is 5.10. The van der Waals surface area contributed by atoms with Gasteiger partial charge in [-0.3, -0.25) is 0 Å². The second kappa shape index (κ2) is 7.28. The van der Waals surface area contributed by atoms with Crippen LogP contribution < -0.4 is 14.8 Å². The van der Waals surface area contributed by atoms with Crippen molar-refractivity contribution < 1.29 is 9.47 Å². The molecule has 2 aromatic rings. The monoisotopic (exact) mass is 310 g/mol. The highest BCUT2D eigenvalue weighted by atomic mass is 35.5. The molecule has 0 saturated heterocycles. The Labute approximate surface area is 129 Å². The summed E-state index contributed by atoms with van der Waals surface area (Å²) in [5.41, 5.74) is 0.965. The quantitative estimate of drug-likeness (QED) is 0.790. The lowest BCUT2D eigenvalue weighted by atomic mass is 10.2. The molecule has 114 valence electrons. The zero-order valence-electron chi connectivity index (χ0n) is 12.4. The fraction of sp³-hybridized carbons (Fsp3) is 0.429. The van der Waals surface area contributed by atoms with Gasteiger partial charge in [0.25, 0.3) is 0 Å². The molecule has 0 aliphatic carbocycles. The molecule has 2 rings (SSSR count). The number of ether oxygens (including phenoxy) is 2. The fourth-order valence-electron chi connectivity index (χ4n) is 2.02. The van der Waals surface area contributed by atoms with Crippen LogP contribution in [0, 0.1) is 0 Å². The molecule has 0 radical (unpaired) electrons. The lowest BCUT2D eigenvalue weighted by molar-refractivity contribution is 0.354. The number of hydrogen-bond acceptors (Lipinski definition) is 5. The van der Waals surface area contributed by atoms with E-state index < -0.39 is 0 Å². The number of halogens is 1. The number of rotatable bonds is 7. The molecule has 0 fully saturated rings. The van der Waals surface area contributed by atoms with Crippen LogP contribution in [0.3, 0.4) is 0 Å². The van der Waals surface area contributed by atoms with Gasteiger partial charge in [-0.2, -0.15) is 0 Å². The Bertz CT molecular complexity index is 601. The highest BCUT2D eigenvalue weighted by Crippen LogP contribution is 2.37. The molecule has 1 aromatic carbocycles. The van der Waals surface area contributed by atoms with Crippen molar-refractivity contribution >= 4 is 11.6 Å². The number of nitrogens with zero attached hydrogens (tertiary/aromatic N) is 3. The molecule has 1 aromatic heterocycles. The summed E-state index contributed by atoms with van der Waals surface area (Å²) in [6, 6.07) is 3.78. The third-order valence-corrected chi connectivity index (χ3v) is 3.63. The van der Waals surface area contributed by atoms with Crippen LogP contribution in [-0.2, 0) is 20.0 Å². The van der Waals surface area contributed by atoms with E-state index in [0.717, 1.165) is 24.4 Å². The topological polar surface area (TPSA) is 61.2 Å². The second-order valence-corrected chi connectivity index (χ2v) is 4.94. The van der Waals surface area contributed by atoms with Crippen LogP contribution in [-0.4, -0.2) is 35.5 Å². The average Bonchev–Trinajstić information content (AvgIpc) is 2.90. The molecule has 0 aliphatic heterocycles. The van der Waals surface area contributed by atoms with Gasteiger partial charge in [-0.15, -0.1) is 10.2 Å². The molecule has 0 spiro atoms. The number of benzene rings is 1. The van der Waals surface area contributed by atoms with Gasteiger partial charge < -0.3 is 19.4 Å². The Morgan fingerprint density at radius 3 is 2.71 bits per heavy atom. The zero-order valence-corrected chi connectivity index (χ0v) is 13.1. The normalized spacial score (nSPS) is 10.7. The zero-order chi connectivity index (χ0) is 15.2. The van der Waals surface area contributed by atoms with E-state index in [2.05, 4.69) is 15.5 Å². The van der Waals surface area contributed by atoms with E-state index in [1.54, 1.807) is 20.5 Å². The molecule has 0 atom stereocenters. The Kier molecular flexibility index (Phi) is 5.41. The van der Waals surface area contributed by atoms with Crippen LogP contribution in [0.25, 0.3) is 0 Å². The van der Waals surface area contributed by atoms with Crippen molar-refractivity contribution in [1.29, 1.82) is 0 Å². The summed E-state index contributed by atoms with van der Waals surface area (Å²) in [5.74, 6) is 2.14. The van der Waals surface area contributed by atoms with Crippen molar-refractivity contribution in [2.24, 2.45) is 7.05 Å².